The highest BCUT2D eigenvalue weighted by Gasteiger charge is 2.60. The molecule has 2 aromatic rings. The highest BCUT2D eigenvalue weighted by Crippen LogP contribution is 2.53. The molecule has 2 N–H and O–H groups in total. The summed E-state index contributed by atoms with van der Waals surface area (Å²) in [4.78, 5) is 38.5. The standard InChI is InChI=1S/C19H13N3O6/c1-9-6-13-15(17(25)27-9)19(11(7-20)16(21)28-13)10-4-2-3-5-12(10)22(18(19)26)8-14(23)24/h2-6H,8,21H2,1H3,(H,23,24)/p-1/t19-/m1/s1. The molecule has 1 aromatic heterocycles. The number of carbonyl (C=O) groups excluding carboxylic acids is 2. The van der Waals surface area contributed by atoms with Gasteiger partial charge in [0.05, 0.1) is 12.5 Å². The third-order valence-electron chi connectivity index (χ3n) is 4.82. The first-order valence-electron chi connectivity index (χ1n) is 8.17. The van der Waals surface area contributed by atoms with Crippen LogP contribution in [0.25, 0.3) is 0 Å². The lowest BCUT2D eigenvalue weighted by atomic mass is 9.69. The minimum atomic E-state index is -1.97. The molecule has 1 aromatic carbocycles. The number of anilines is 1. The van der Waals surface area contributed by atoms with Crippen molar-refractivity contribution in [1.82, 2.24) is 0 Å². The summed E-state index contributed by atoms with van der Waals surface area (Å²) >= 11 is 0. The van der Waals surface area contributed by atoms with Gasteiger partial charge >= 0.3 is 5.63 Å². The highest BCUT2D eigenvalue weighted by atomic mass is 16.5. The number of rotatable bonds is 2. The number of nitrogens with zero attached hydrogens (tertiary/aromatic N) is 2. The molecule has 0 aliphatic carbocycles. The number of amides is 1. The van der Waals surface area contributed by atoms with E-state index in [4.69, 9.17) is 14.9 Å². The summed E-state index contributed by atoms with van der Waals surface area (Å²) in [6, 6.07) is 9.49. The second-order valence-corrected chi connectivity index (χ2v) is 6.37. The number of aryl methyl sites for hydroxylation is 1. The first-order valence-corrected chi connectivity index (χ1v) is 8.17. The molecule has 0 bridgehead atoms. The van der Waals surface area contributed by atoms with Crippen molar-refractivity contribution in [1.29, 1.82) is 5.26 Å². The van der Waals surface area contributed by atoms with E-state index in [1.54, 1.807) is 12.1 Å². The van der Waals surface area contributed by atoms with Crippen LogP contribution in [0.3, 0.4) is 0 Å². The van der Waals surface area contributed by atoms with Gasteiger partial charge in [-0.05, 0) is 13.0 Å². The van der Waals surface area contributed by atoms with E-state index < -0.39 is 29.5 Å². The van der Waals surface area contributed by atoms with Crippen molar-refractivity contribution in [2.24, 2.45) is 5.73 Å². The number of nitriles is 1. The van der Waals surface area contributed by atoms with Crippen molar-refractivity contribution in [3.8, 4) is 11.8 Å². The summed E-state index contributed by atoms with van der Waals surface area (Å²) in [6.07, 6.45) is 0. The van der Waals surface area contributed by atoms with E-state index in [-0.39, 0.29) is 39.8 Å². The van der Waals surface area contributed by atoms with E-state index in [1.807, 2.05) is 6.07 Å². The Morgan fingerprint density at radius 1 is 1.36 bits per heavy atom. The van der Waals surface area contributed by atoms with Crippen LogP contribution < -0.4 is 26.1 Å². The van der Waals surface area contributed by atoms with E-state index in [9.17, 15) is 24.8 Å². The van der Waals surface area contributed by atoms with E-state index in [2.05, 4.69) is 0 Å². The van der Waals surface area contributed by atoms with Crippen LogP contribution in [-0.4, -0.2) is 18.4 Å². The predicted molar refractivity (Wildman–Crippen MR) is 91.8 cm³/mol. The van der Waals surface area contributed by atoms with Crippen LogP contribution in [0.5, 0.6) is 5.75 Å². The van der Waals surface area contributed by atoms with Gasteiger partial charge in [-0.2, -0.15) is 5.26 Å². The summed E-state index contributed by atoms with van der Waals surface area (Å²) in [5.41, 5.74) is 3.02. The average molecular weight is 378 g/mol. The Morgan fingerprint density at radius 2 is 2.07 bits per heavy atom. The Bertz CT molecular complexity index is 1190. The van der Waals surface area contributed by atoms with Gasteiger partial charge in [0.25, 0.3) is 0 Å². The van der Waals surface area contributed by atoms with Gasteiger partial charge in [0.2, 0.25) is 11.8 Å². The molecular weight excluding hydrogens is 366 g/mol. The largest absolute Gasteiger partial charge is 0.548 e. The van der Waals surface area contributed by atoms with Gasteiger partial charge in [0.1, 0.15) is 28.7 Å². The minimum absolute atomic E-state index is 0.0243. The molecule has 1 spiro atoms. The molecule has 1 atom stereocenters. The third-order valence-corrected chi connectivity index (χ3v) is 4.82. The van der Waals surface area contributed by atoms with Crippen molar-refractivity contribution in [3.63, 3.8) is 0 Å². The SMILES string of the molecule is Cc1cc2c(c(=O)o1)[C@]1(C(=O)N(CC(=O)[O-])c3ccccc31)C(C#N)=C(N)O2. The summed E-state index contributed by atoms with van der Waals surface area (Å²) in [5, 5.41) is 21.0. The molecule has 9 heteroatoms. The molecule has 0 radical (unpaired) electrons. The van der Waals surface area contributed by atoms with Gasteiger partial charge in [-0.3, -0.25) is 4.79 Å². The number of nitrogens with two attached hydrogens (primary N) is 1. The van der Waals surface area contributed by atoms with Gasteiger partial charge < -0.3 is 29.7 Å². The first-order chi connectivity index (χ1) is 13.3. The molecule has 28 heavy (non-hydrogen) atoms. The zero-order valence-electron chi connectivity index (χ0n) is 14.5. The van der Waals surface area contributed by atoms with E-state index >= 15 is 0 Å². The van der Waals surface area contributed by atoms with Gasteiger partial charge in [-0.25, -0.2) is 4.79 Å². The molecule has 3 heterocycles. The zero-order chi connectivity index (χ0) is 20.2. The lowest BCUT2D eigenvalue weighted by Gasteiger charge is -2.33. The molecule has 9 nitrogen and oxygen atoms in total. The topological polar surface area (TPSA) is 150 Å². The van der Waals surface area contributed by atoms with E-state index in [0.717, 1.165) is 4.90 Å². The maximum absolute atomic E-state index is 13.5. The molecule has 1 amide bonds. The number of hydrogen-bond donors (Lipinski definition) is 1. The number of hydrogen-bond acceptors (Lipinski definition) is 8. The molecule has 2 aliphatic heterocycles. The fraction of sp³-hybridized carbons (Fsp3) is 0.158. The highest BCUT2D eigenvalue weighted by molar-refractivity contribution is 6.15. The number of benzene rings is 1. The van der Waals surface area contributed by atoms with Crippen molar-refractivity contribution >= 4 is 17.6 Å². The van der Waals surface area contributed by atoms with E-state index in [1.165, 1.54) is 25.1 Å². The van der Waals surface area contributed by atoms with Crippen LogP contribution in [0.2, 0.25) is 0 Å². The molecule has 0 saturated carbocycles. The second kappa shape index (κ2) is 5.72. The first kappa shape index (κ1) is 17.4. The average Bonchev–Trinajstić information content (AvgIpc) is 2.85. The van der Waals surface area contributed by atoms with Gasteiger partial charge in [-0.15, -0.1) is 0 Å². The Morgan fingerprint density at radius 3 is 2.75 bits per heavy atom. The smallest absolute Gasteiger partial charge is 0.344 e. The number of fused-ring (bicyclic) bond motifs is 4. The maximum atomic E-state index is 13.5. The molecule has 0 fully saturated rings. The fourth-order valence-corrected chi connectivity index (χ4v) is 3.84. The normalized spacial score (nSPS) is 19.9. The van der Waals surface area contributed by atoms with Crippen LogP contribution in [0, 0.1) is 18.3 Å². The molecule has 0 unspecified atom stereocenters. The summed E-state index contributed by atoms with van der Waals surface area (Å²) in [7, 11) is 0. The molecule has 0 saturated heterocycles. The van der Waals surface area contributed by atoms with Crippen molar-refractivity contribution < 1.29 is 23.8 Å². The van der Waals surface area contributed by atoms with Gasteiger partial charge in [-0.1, -0.05) is 18.2 Å². The van der Waals surface area contributed by atoms with Crippen LogP contribution in [-0.2, 0) is 15.0 Å². The Labute approximate surface area is 157 Å². The lowest BCUT2D eigenvalue weighted by molar-refractivity contribution is -0.303. The van der Waals surface area contributed by atoms with Crippen molar-refractivity contribution in [2.75, 3.05) is 11.4 Å². The van der Waals surface area contributed by atoms with E-state index in [0.29, 0.717) is 0 Å². The van der Waals surface area contributed by atoms with Crippen LogP contribution >= 0.6 is 0 Å². The van der Waals surface area contributed by atoms with Crippen molar-refractivity contribution in [2.45, 2.75) is 12.3 Å². The van der Waals surface area contributed by atoms with Crippen LogP contribution in [0.1, 0.15) is 16.9 Å². The fourth-order valence-electron chi connectivity index (χ4n) is 3.84. The molecular formula is C19H12N3O6-. The Kier molecular flexibility index (Phi) is 3.55. The maximum Gasteiger partial charge on any atom is 0.344 e. The monoisotopic (exact) mass is 378 g/mol. The number of carboxylic acid groups (broad SMARTS) is 1. The molecule has 2 aliphatic rings. The zero-order valence-corrected chi connectivity index (χ0v) is 14.5. The predicted octanol–water partition coefficient (Wildman–Crippen LogP) is -0.583. The molecule has 140 valence electrons. The van der Waals surface area contributed by atoms with Crippen molar-refractivity contribution in [3.05, 3.63) is 69.1 Å². The number of carbonyl (C=O) groups is 2. The summed E-state index contributed by atoms with van der Waals surface area (Å²) < 4.78 is 10.6. The summed E-state index contributed by atoms with van der Waals surface area (Å²) in [6.45, 7) is 0.758. The van der Waals surface area contributed by atoms with Gasteiger partial charge in [0.15, 0.2) is 5.41 Å². The minimum Gasteiger partial charge on any atom is -0.548 e. The third kappa shape index (κ3) is 2.02. The van der Waals surface area contributed by atoms with Crippen LogP contribution in [0.15, 0.2) is 51.0 Å². The van der Waals surface area contributed by atoms with Gasteiger partial charge in [0, 0.05) is 17.3 Å². The lowest BCUT2D eigenvalue weighted by Crippen LogP contribution is -2.50. The Hall–Kier alpha value is -4.06. The number of ether oxygens (including phenoxy) is 1. The summed E-state index contributed by atoms with van der Waals surface area (Å²) in [5.74, 6) is -2.48. The molecule has 4 rings (SSSR count). The van der Waals surface area contributed by atoms with Crippen LogP contribution in [0.4, 0.5) is 5.69 Å². The number of carboxylic acids is 1. The second-order valence-electron chi connectivity index (χ2n) is 6.37. The number of para-hydroxylation sites is 1. The Balaban J connectivity index is 2.17. The quantitative estimate of drug-likeness (QED) is 0.729. The number of aliphatic carboxylic acids is 1.